The van der Waals surface area contributed by atoms with Gasteiger partial charge < -0.3 is 9.47 Å². The van der Waals surface area contributed by atoms with Crippen molar-refractivity contribution in [3.05, 3.63) is 69.7 Å². The third-order valence-electron chi connectivity index (χ3n) is 4.14. The molecule has 4 nitrogen and oxygen atoms in total. The summed E-state index contributed by atoms with van der Waals surface area (Å²) in [5.74, 6) is -0.830. The van der Waals surface area contributed by atoms with Crippen molar-refractivity contribution in [1.82, 2.24) is 0 Å². The summed E-state index contributed by atoms with van der Waals surface area (Å²) in [4.78, 5) is 23.6. The number of ether oxygens (including phenoxy) is 2. The molecule has 5 heteroatoms. The molecule has 0 saturated heterocycles. The standard InChI is InChI=1S/C19H17BrO4/c1-12(21)23-18-10-14-6-3-4-9-17(14)19(18,24-13(2)22)15-7-5-8-16(20)11-15/h3-9,11,18H,10H2,1-2H3/t18-,19+/m1/s1. The fourth-order valence-electron chi connectivity index (χ4n) is 3.37. The Hall–Kier alpha value is -2.14. The second kappa shape index (κ2) is 6.40. The number of fused-ring (bicyclic) bond motifs is 1. The van der Waals surface area contributed by atoms with E-state index < -0.39 is 23.6 Å². The van der Waals surface area contributed by atoms with E-state index in [-0.39, 0.29) is 0 Å². The van der Waals surface area contributed by atoms with E-state index in [0.29, 0.717) is 6.42 Å². The summed E-state index contributed by atoms with van der Waals surface area (Å²) in [5, 5.41) is 0. The van der Waals surface area contributed by atoms with Crippen LogP contribution in [0.15, 0.2) is 53.0 Å². The maximum atomic E-state index is 11.9. The maximum Gasteiger partial charge on any atom is 0.304 e. The van der Waals surface area contributed by atoms with Crippen LogP contribution < -0.4 is 0 Å². The average molecular weight is 389 g/mol. The second-order valence-corrected chi connectivity index (χ2v) is 6.71. The zero-order valence-corrected chi connectivity index (χ0v) is 15.0. The third kappa shape index (κ3) is 2.84. The quantitative estimate of drug-likeness (QED) is 0.751. The Morgan fingerprint density at radius 2 is 1.83 bits per heavy atom. The fraction of sp³-hybridized carbons (Fsp3) is 0.263. The summed E-state index contributed by atoms with van der Waals surface area (Å²) >= 11 is 3.46. The zero-order valence-electron chi connectivity index (χ0n) is 13.4. The molecule has 1 aliphatic carbocycles. The van der Waals surface area contributed by atoms with Gasteiger partial charge >= 0.3 is 11.9 Å². The van der Waals surface area contributed by atoms with E-state index in [2.05, 4.69) is 15.9 Å². The summed E-state index contributed by atoms with van der Waals surface area (Å²) < 4.78 is 12.3. The monoisotopic (exact) mass is 388 g/mol. The van der Waals surface area contributed by atoms with Crippen molar-refractivity contribution in [1.29, 1.82) is 0 Å². The van der Waals surface area contributed by atoms with E-state index in [1.807, 2.05) is 48.5 Å². The molecule has 0 N–H and O–H groups in total. The van der Waals surface area contributed by atoms with Crippen molar-refractivity contribution in [3.63, 3.8) is 0 Å². The van der Waals surface area contributed by atoms with Gasteiger partial charge in [-0.25, -0.2) is 0 Å². The predicted molar refractivity (Wildman–Crippen MR) is 92.4 cm³/mol. The Balaban J connectivity index is 2.26. The topological polar surface area (TPSA) is 52.6 Å². The van der Waals surface area contributed by atoms with Crippen LogP contribution in [0.2, 0.25) is 0 Å². The average Bonchev–Trinajstić information content (AvgIpc) is 2.81. The molecular weight excluding hydrogens is 372 g/mol. The number of carbonyl (C=O) groups excluding carboxylic acids is 2. The molecule has 0 amide bonds. The van der Waals surface area contributed by atoms with E-state index in [1.165, 1.54) is 13.8 Å². The lowest BCUT2D eigenvalue weighted by Gasteiger charge is -2.35. The molecule has 0 spiro atoms. The van der Waals surface area contributed by atoms with Gasteiger partial charge in [-0.05, 0) is 17.7 Å². The van der Waals surface area contributed by atoms with Crippen LogP contribution >= 0.6 is 15.9 Å². The molecule has 24 heavy (non-hydrogen) atoms. The van der Waals surface area contributed by atoms with Gasteiger partial charge in [0.2, 0.25) is 0 Å². The number of halogens is 1. The van der Waals surface area contributed by atoms with E-state index in [0.717, 1.165) is 21.2 Å². The van der Waals surface area contributed by atoms with Gasteiger partial charge in [-0.15, -0.1) is 0 Å². The highest BCUT2D eigenvalue weighted by Crippen LogP contribution is 2.47. The number of rotatable bonds is 3. The molecule has 0 unspecified atom stereocenters. The van der Waals surface area contributed by atoms with Crippen LogP contribution in [0.3, 0.4) is 0 Å². The van der Waals surface area contributed by atoms with Crippen molar-refractivity contribution in [2.75, 3.05) is 0 Å². The molecule has 3 rings (SSSR count). The van der Waals surface area contributed by atoms with Crippen LogP contribution in [0.25, 0.3) is 0 Å². The van der Waals surface area contributed by atoms with Crippen molar-refractivity contribution < 1.29 is 19.1 Å². The molecule has 0 bridgehead atoms. The molecular formula is C19H17BrO4. The first kappa shape index (κ1) is 16.7. The van der Waals surface area contributed by atoms with Gasteiger partial charge in [0, 0.05) is 35.9 Å². The zero-order chi connectivity index (χ0) is 17.3. The molecule has 2 aromatic rings. The molecule has 124 valence electrons. The van der Waals surface area contributed by atoms with Crippen LogP contribution in [0.5, 0.6) is 0 Å². The lowest BCUT2D eigenvalue weighted by atomic mass is 9.85. The normalized spacial score (nSPS) is 21.9. The Morgan fingerprint density at radius 3 is 2.50 bits per heavy atom. The Kier molecular flexibility index (Phi) is 4.45. The largest absolute Gasteiger partial charge is 0.457 e. The van der Waals surface area contributed by atoms with Gasteiger partial charge in [-0.2, -0.15) is 0 Å². The first-order chi connectivity index (χ1) is 11.4. The smallest absolute Gasteiger partial charge is 0.304 e. The minimum Gasteiger partial charge on any atom is -0.457 e. The van der Waals surface area contributed by atoms with Gasteiger partial charge in [-0.3, -0.25) is 9.59 Å². The number of hydrogen-bond acceptors (Lipinski definition) is 4. The van der Waals surface area contributed by atoms with Gasteiger partial charge in [0.25, 0.3) is 0 Å². The highest BCUT2D eigenvalue weighted by molar-refractivity contribution is 9.10. The summed E-state index contributed by atoms with van der Waals surface area (Å²) in [5.41, 5.74) is 1.48. The number of hydrogen-bond donors (Lipinski definition) is 0. The summed E-state index contributed by atoms with van der Waals surface area (Å²) in [6.45, 7) is 2.73. The van der Waals surface area contributed by atoms with Crippen LogP contribution in [0, 0.1) is 0 Å². The highest BCUT2D eigenvalue weighted by atomic mass is 79.9. The van der Waals surface area contributed by atoms with Crippen LogP contribution in [-0.2, 0) is 31.1 Å². The molecule has 0 saturated carbocycles. The highest BCUT2D eigenvalue weighted by Gasteiger charge is 2.53. The molecule has 0 radical (unpaired) electrons. The van der Waals surface area contributed by atoms with E-state index in [9.17, 15) is 9.59 Å². The fourth-order valence-corrected chi connectivity index (χ4v) is 3.77. The third-order valence-corrected chi connectivity index (χ3v) is 4.64. The Morgan fingerprint density at radius 1 is 1.08 bits per heavy atom. The molecule has 1 aliphatic rings. The van der Waals surface area contributed by atoms with Gasteiger partial charge in [0.05, 0.1) is 0 Å². The van der Waals surface area contributed by atoms with E-state index >= 15 is 0 Å². The van der Waals surface area contributed by atoms with Gasteiger partial charge in [-0.1, -0.05) is 52.3 Å². The molecule has 2 atom stereocenters. The number of benzene rings is 2. The first-order valence-electron chi connectivity index (χ1n) is 7.64. The lowest BCUT2D eigenvalue weighted by molar-refractivity contribution is -0.176. The predicted octanol–water partition coefficient (Wildman–Crippen LogP) is 3.74. The molecule has 0 aliphatic heterocycles. The van der Waals surface area contributed by atoms with Gasteiger partial charge in [0.15, 0.2) is 11.7 Å². The summed E-state index contributed by atoms with van der Waals surface area (Å²) in [7, 11) is 0. The lowest BCUT2D eigenvalue weighted by Crippen LogP contribution is -2.43. The summed E-state index contributed by atoms with van der Waals surface area (Å²) in [6.07, 6.45) is -0.110. The molecule has 0 heterocycles. The Labute approximate surface area is 148 Å². The van der Waals surface area contributed by atoms with E-state index in [1.54, 1.807) is 0 Å². The van der Waals surface area contributed by atoms with Gasteiger partial charge in [0.1, 0.15) is 0 Å². The SMILES string of the molecule is CC(=O)O[C@@H]1Cc2ccccc2[C@@]1(OC(C)=O)c1cccc(Br)c1. The van der Waals surface area contributed by atoms with Crippen molar-refractivity contribution in [2.45, 2.75) is 32.0 Å². The first-order valence-corrected chi connectivity index (χ1v) is 8.44. The Bertz CT molecular complexity index is 801. The molecule has 0 fully saturated rings. The maximum absolute atomic E-state index is 11.9. The number of esters is 2. The minimum absolute atomic E-state index is 0.403. The van der Waals surface area contributed by atoms with Crippen molar-refractivity contribution in [3.8, 4) is 0 Å². The second-order valence-electron chi connectivity index (χ2n) is 5.80. The summed E-state index contributed by atoms with van der Waals surface area (Å²) in [6, 6.07) is 15.2. The molecule has 2 aromatic carbocycles. The van der Waals surface area contributed by atoms with Crippen LogP contribution in [0.4, 0.5) is 0 Å². The van der Waals surface area contributed by atoms with Crippen molar-refractivity contribution in [2.24, 2.45) is 0 Å². The minimum atomic E-state index is -1.14. The molecule has 0 aromatic heterocycles. The van der Waals surface area contributed by atoms with Crippen LogP contribution in [0.1, 0.15) is 30.5 Å². The van der Waals surface area contributed by atoms with Crippen LogP contribution in [-0.4, -0.2) is 18.0 Å². The van der Waals surface area contributed by atoms with E-state index in [4.69, 9.17) is 9.47 Å². The van der Waals surface area contributed by atoms with Crippen molar-refractivity contribution >= 4 is 27.9 Å². The number of carbonyl (C=O) groups is 2.